The van der Waals surface area contributed by atoms with Gasteiger partial charge in [0.25, 0.3) is 0 Å². The predicted octanol–water partition coefficient (Wildman–Crippen LogP) is 2.43. The van der Waals surface area contributed by atoms with Crippen molar-refractivity contribution < 1.29 is 18.6 Å². The third-order valence-electron chi connectivity index (χ3n) is 1.07. The lowest BCUT2D eigenvalue weighted by Crippen LogP contribution is -2.01. The summed E-state index contributed by atoms with van der Waals surface area (Å²) in [5.41, 5.74) is 0. The van der Waals surface area contributed by atoms with Crippen LogP contribution in [0, 0.1) is 0 Å². The fourth-order valence-corrected chi connectivity index (χ4v) is 0.644. The Morgan fingerprint density at radius 2 is 1.91 bits per heavy atom. The van der Waals surface area contributed by atoms with Gasteiger partial charge in [-0.15, -0.1) is 0 Å². The molecular formula is C7H5F2O2. The molecule has 1 radical (unpaired) electrons. The van der Waals surface area contributed by atoms with E-state index in [1.807, 2.05) is 0 Å². The van der Waals surface area contributed by atoms with Crippen molar-refractivity contribution in [2.75, 3.05) is 0 Å². The van der Waals surface area contributed by atoms with E-state index in [0.29, 0.717) is 0 Å². The molecule has 11 heavy (non-hydrogen) atoms. The van der Waals surface area contributed by atoms with Crippen LogP contribution in [0.4, 0.5) is 8.78 Å². The first-order chi connectivity index (χ1) is 5.20. The number of benzene rings is 1. The van der Waals surface area contributed by atoms with Crippen molar-refractivity contribution in [3.63, 3.8) is 0 Å². The minimum Gasteiger partial charge on any atom is -0.431 e. The second-order valence-electron chi connectivity index (χ2n) is 1.83. The number of para-hydroxylation sites is 2. The molecule has 0 N–H and O–H groups in total. The third kappa shape index (κ3) is 2.07. The summed E-state index contributed by atoms with van der Waals surface area (Å²) in [5, 5.41) is 10.7. The predicted molar refractivity (Wildman–Crippen MR) is 33.2 cm³/mol. The molecule has 1 aromatic carbocycles. The smallest absolute Gasteiger partial charge is 0.387 e. The zero-order chi connectivity index (χ0) is 8.27. The Morgan fingerprint density at radius 1 is 1.27 bits per heavy atom. The summed E-state index contributed by atoms with van der Waals surface area (Å²) in [4.78, 5) is 0. The molecule has 0 unspecified atom stereocenters. The van der Waals surface area contributed by atoms with Crippen molar-refractivity contribution in [1.29, 1.82) is 0 Å². The van der Waals surface area contributed by atoms with Crippen LogP contribution in [-0.2, 0) is 5.11 Å². The summed E-state index contributed by atoms with van der Waals surface area (Å²) in [6.07, 6.45) is 0. The minimum atomic E-state index is -2.94. The number of hydrogen-bond donors (Lipinski definition) is 0. The van der Waals surface area contributed by atoms with E-state index in [2.05, 4.69) is 4.74 Å². The maximum absolute atomic E-state index is 11.5. The second-order valence-corrected chi connectivity index (χ2v) is 1.83. The van der Waals surface area contributed by atoms with Crippen molar-refractivity contribution in [2.45, 2.75) is 6.61 Å². The molecule has 0 saturated carbocycles. The van der Waals surface area contributed by atoms with Crippen molar-refractivity contribution in [3.8, 4) is 11.5 Å². The van der Waals surface area contributed by atoms with E-state index < -0.39 is 12.4 Å². The van der Waals surface area contributed by atoms with E-state index in [1.54, 1.807) is 0 Å². The van der Waals surface area contributed by atoms with E-state index in [1.165, 1.54) is 18.2 Å². The lowest BCUT2D eigenvalue weighted by Gasteiger charge is -2.02. The average Bonchev–Trinajstić information content (AvgIpc) is 1.93. The summed E-state index contributed by atoms with van der Waals surface area (Å²) in [7, 11) is 0. The van der Waals surface area contributed by atoms with Crippen LogP contribution in [-0.4, -0.2) is 6.61 Å². The van der Waals surface area contributed by atoms with Gasteiger partial charge in [0.2, 0.25) is 5.75 Å². The molecule has 0 aliphatic heterocycles. The Bertz CT molecular complexity index is 238. The van der Waals surface area contributed by atoms with Crippen LogP contribution in [0.2, 0.25) is 0 Å². The Balaban J connectivity index is 2.78. The van der Waals surface area contributed by atoms with Crippen molar-refractivity contribution >= 4 is 0 Å². The van der Waals surface area contributed by atoms with Crippen molar-refractivity contribution in [2.24, 2.45) is 0 Å². The number of rotatable bonds is 2. The maximum atomic E-state index is 11.5. The highest BCUT2D eigenvalue weighted by Crippen LogP contribution is 2.26. The van der Waals surface area contributed by atoms with E-state index in [4.69, 9.17) is 0 Å². The lowest BCUT2D eigenvalue weighted by molar-refractivity contribution is -0.0518. The Hall–Kier alpha value is -1.32. The Labute approximate surface area is 62.0 Å². The molecule has 0 spiro atoms. The second kappa shape index (κ2) is 3.18. The Kier molecular flexibility index (Phi) is 2.25. The van der Waals surface area contributed by atoms with Gasteiger partial charge < -0.3 is 4.74 Å². The molecule has 0 aliphatic rings. The molecular weight excluding hydrogens is 154 g/mol. The fraction of sp³-hybridized carbons (Fsp3) is 0.143. The van der Waals surface area contributed by atoms with E-state index in [9.17, 15) is 13.9 Å². The standard InChI is InChI=1S/C7H5F2O2/c8-7(9)11-6-4-2-1-3-5(6)10/h1-4,7H. The maximum Gasteiger partial charge on any atom is 0.387 e. The van der Waals surface area contributed by atoms with Crippen LogP contribution in [0.1, 0.15) is 0 Å². The van der Waals surface area contributed by atoms with Gasteiger partial charge in [0.1, 0.15) is 0 Å². The third-order valence-corrected chi connectivity index (χ3v) is 1.07. The highest BCUT2D eigenvalue weighted by atomic mass is 19.3. The summed E-state index contributed by atoms with van der Waals surface area (Å²) in [6.45, 7) is -2.94. The normalized spacial score (nSPS) is 10.1. The van der Waals surface area contributed by atoms with Crippen LogP contribution >= 0.6 is 0 Å². The van der Waals surface area contributed by atoms with Gasteiger partial charge in [-0.25, -0.2) is 0 Å². The van der Waals surface area contributed by atoms with Gasteiger partial charge >= 0.3 is 6.61 Å². The quantitative estimate of drug-likeness (QED) is 0.651. The van der Waals surface area contributed by atoms with Crippen molar-refractivity contribution in [1.82, 2.24) is 0 Å². The highest BCUT2D eigenvalue weighted by Gasteiger charge is 2.08. The minimum absolute atomic E-state index is 0.317. The van der Waals surface area contributed by atoms with Gasteiger partial charge in [-0.1, -0.05) is 12.1 Å². The molecule has 0 fully saturated rings. The SMILES string of the molecule is [O]c1ccccc1OC(F)F. The van der Waals surface area contributed by atoms with E-state index in [0.717, 1.165) is 6.07 Å². The summed E-state index contributed by atoms with van der Waals surface area (Å²) < 4.78 is 27.0. The molecule has 2 nitrogen and oxygen atoms in total. The summed E-state index contributed by atoms with van der Waals surface area (Å²) >= 11 is 0. The van der Waals surface area contributed by atoms with Gasteiger partial charge in [0, 0.05) is 0 Å². The molecule has 59 valence electrons. The fourth-order valence-electron chi connectivity index (χ4n) is 0.644. The molecule has 0 aromatic heterocycles. The number of halogens is 2. The van der Waals surface area contributed by atoms with Crippen LogP contribution < -0.4 is 4.74 Å². The van der Waals surface area contributed by atoms with Crippen LogP contribution in [0.5, 0.6) is 11.5 Å². The van der Waals surface area contributed by atoms with Crippen molar-refractivity contribution in [3.05, 3.63) is 24.3 Å². The van der Waals surface area contributed by atoms with E-state index in [-0.39, 0.29) is 5.75 Å². The summed E-state index contributed by atoms with van der Waals surface area (Å²) in [6, 6.07) is 5.28. The first kappa shape index (κ1) is 7.78. The largest absolute Gasteiger partial charge is 0.431 e. The molecule has 0 aliphatic carbocycles. The molecule has 4 heteroatoms. The molecule has 0 bridgehead atoms. The first-order valence-electron chi connectivity index (χ1n) is 2.91. The molecule has 0 atom stereocenters. The number of ether oxygens (including phenoxy) is 1. The first-order valence-corrected chi connectivity index (χ1v) is 2.91. The van der Waals surface area contributed by atoms with Gasteiger partial charge in [-0.3, -0.25) is 5.11 Å². The number of hydrogen-bond acceptors (Lipinski definition) is 1. The molecule has 0 saturated heterocycles. The highest BCUT2D eigenvalue weighted by molar-refractivity contribution is 5.37. The Morgan fingerprint density at radius 3 is 2.45 bits per heavy atom. The van der Waals surface area contributed by atoms with Gasteiger partial charge in [-0.2, -0.15) is 8.78 Å². The molecule has 0 amide bonds. The summed E-state index contributed by atoms with van der Waals surface area (Å²) in [5.74, 6) is -0.852. The van der Waals surface area contributed by atoms with E-state index >= 15 is 0 Å². The lowest BCUT2D eigenvalue weighted by atomic mass is 10.3. The molecule has 1 rings (SSSR count). The molecule has 0 heterocycles. The zero-order valence-corrected chi connectivity index (χ0v) is 5.46. The van der Waals surface area contributed by atoms with Crippen LogP contribution in [0.25, 0.3) is 0 Å². The number of alkyl halides is 2. The van der Waals surface area contributed by atoms with Crippen LogP contribution in [0.15, 0.2) is 24.3 Å². The average molecular weight is 159 g/mol. The van der Waals surface area contributed by atoms with Gasteiger partial charge in [-0.05, 0) is 12.1 Å². The van der Waals surface area contributed by atoms with Gasteiger partial charge in [0.05, 0.1) is 0 Å². The van der Waals surface area contributed by atoms with Crippen LogP contribution in [0.3, 0.4) is 0 Å². The monoisotopic (exact) mass is 159 g/mol. The van der Waals surface area contributed by atoms with Gasteiger partial charge in [0.15, 0.2) is 5.75 Å². The topological polar surface area (TPSA) is 29.1 Å². The zero-order valence-electron chi connectivity index (χ0n) is 5.46. The molecule has 1 aromatic rings.